The number of nitrogens with one attached hydrogen (secondary N) is 2. The lowest BCUT2D eigenvalue weighted by Gasteiger charge is -2.23. The molecule has 7 heteroatoms. The Morgan fingerprint density at radius 2 is 1.95 bits per heavy atom. The van der Waals surface area contributed by atoms with Crippen LogP contribution in [0.4, 0.5) is 10.1 Å². The van der Waals surface area contributed by atoms with E-state index in [0.29, 0.717) is 12.8 Å². The highest BCUT2D eigenvalue weighted by Crippen LogP contribution is 2.26. The predicted molar refractivity (Wildman–Crippen MR) is 76.8 cm³/mol. The van der Waals surface area contributed by atoms with E-state index in [1.54, 1.807) is 0 Å². The van der Waals surface area contributed by atoms with Crippen molar-refractivity contribution in [1.82, 2.24) is 0 Å². The molecule has 1 aromatic rings. The Balaban J connectivity index is 2.27. The number of hydrogen-bond acceptors (Lipinski definition) is 3. The van der Waals surface area contributed by atoms with Crippen LogP contribution >= 0.6 is 0 Å². The molecule has 0 amide bonds. The van der Waals surface area contributed by atoms with Gasteiger partial charge in [-0.3, -0.25) is 10.1 Å². The van der Waals surface area contributed by atoms with Gasteiger partial charge < -0.3 is 5.73 Å². The van der Waals surface area contributed by atoms with Crippen LogP contribution in [0.25, 0.3) is 0 Å². The van der Waals surface area contributed by atoms with E-state index in [2.05, 4.69) is 4.72 Å². The molecule has 1 saturated carbocycles. The number of nitrogens with two attached hydrogens (primary N) is 1. The third-order valence-electron chi connectivity index (χ3n) is 3.52. The summed E-state index contributed by atoms with van der Waals surface area (Å²) < 4.78 is 40.2. The second kappa shape index (κ2) is 5.78. The van der Waals surface area contributed by atoms with Gasteiger partial charge in [0.25, 0.3) is 0 Å². The number of sulfonamides is 1. The standard InChI is InChI=1S/C13H18FN3O2S/c14-9-6-7-12(11(8-9)13(15)16)17-20(18,19)10-4-2-1-3-5-10/h6-8,10,17H,1-5H2,(H3,15,16). The largest absolute Gasteiger partial charge is 0.384 e. The first kappa shape index (κ1) is 14.8. The maximum Gasteiger partial charge on any atom is 0.235 e. The topological polar surface area (TPSA) is 96.0 Å². The summed E-state index contributed by atoms with van der Waals surface area (Å²) in [5.74, 6) is -0.929. The zero-order chi connectivity index (χ0) is 14.8. The van der Waals surface area contributed by atoms with Crippen molar-refractivity contribution in [1.29, 1.82) is 5.41 Å². The highest BCUT2D eigenvalue weighted by Gasteiger charge is 2.28. The maximum atomic E-state index is 13.2. The maximum absolute atomic E-state index is 13.2. The molecule has 0 radical (unpaired) electrons. The Kier molecular flexibility index (Phi) is 4.27. The Morgan fingerprint density at radius 1 is 1.30 bits per heavy atom. The molecule has 1 fully saturated rings. The molecule has 0 saturated heterocycles. The summed E-state index contributed by atoms with van der Waals surface area (Å²) in [4.78, 5) is 0. The molecule has 1 aromatic carbocycles. The monoisotopic (exact) mass is 299 g/mol. The quantitative estimate of drug-likeness (QED) is 0.587. The van der Waals surface area contributed by atoms with Crippen molar-refractivity contribution in [2.45, 2.75) is 37.4 Å². The fourth-order valence-electron chi connectivity index (χ4n) is 2.44. The van der Waals surface area contributed by atoms with Gasteiger partial charge in [0.2, 0.25) is 10.0 Å². The predicted octanol–water partition coefficient (Wildman–Crippen LogP) is 2.18. The first-order valence-electron chi connectivity index (χ1n) is 6.56. The lowest BCUT2D eigenvalue weighted by molar-refractivity contribution is 0.486. The van der Waals surface area contributed by atoms with Gasteiger partial charge in [-0.1, -0.05) is 19.3 Å². The zero-order valence-corrected chi connectivity index (χ0v) is 11.8. The number of anilines is 1. The first-order chi connectivity index (χ1) is 9.40. The summed E-state index contributed by atoms with van der Waals surface area (Å²) in [5.41, 5.74) is 5.58. The molecule has 0 aromatic heterocycles. The third kappa shape index (κ3) is 3.27. The van der Waals surface area contributed by atoms with E-state index in [1.807, 2.05) is 0 Å². The molecule has 2 rings (SSSR count). The minimum atomic E-state index is -3.53. The lowest BCUT2D eigenvalue weighted by Crippen LogP contribution is -2.30. The second-order valence-electron chi connectivity index (χ2n) is 5.01. The van der Waals surface area contributed by atoms with Crippen LogP contribution in [0.1, 0.15) is 37.7 Å². The van der Waals surface area contributed by atoms with E-state index < -0.39 is 21.1 Å². The van der Waals surface area contributed by atoms with Crippen LogP contribution < -0.4 is 10.5 Å². The van der Waals surface area contributed by atoms with E-state index in [9.17, 15) is 12.8 Å². The Morgan fingerprint density at radius 3 is 2.55 bits per heavy atom. The number of hydrogen-bond donors (Lipinski definition) is 3. The number of benzene rings is 1. The van der Waals surface area contributed by atoms with Crippen LogP contribution in [0.5, 0.6) is 0 Å². The van der Waals surface area contributed by atoms with Crippen molar-refractivity contribution in [3.63, 3.8) is 0 Å². The number of amidine groups is 1. The molecule has 20 heavy (non-hydrogen) atoms. The summed E-state index contributed by atoms with van der Waals surface area (Å²) >= 11 is 0. The van der Waals surface area contributed by atoms with E-state index in [-0.39, 0.29) is 17.1 Å². The van der Waals surface area contributed by atoms with Crippen LogP contribution in [0.2, 0.25) is 0 Å². The zero-order valence-electron chi connectivity index (χ0n) is 11.0. The second-order valence-corrected chi connectivity index (χ2v) is 6.97. The van der Waals surface area contributed by atoms with Crippen molar-refractivity contribution in [2.24, 2.45) is 5.73 Å². The molecular weight excluding hydrogens is 281 g/mol. The fourth-order valence-corrected chi connectivity index (χ4v) is 4.05. The highest BCUT2D eigenvalue weighted by molar-refractivity contribution is 7.93. The molecule has 1 aliphatic carbocycles. The molecule has 0 unspecified atom stereocenters. The van der Waals surface area contributed by atoms with Gasteiger partial charge in [-0.15, -0.1) is 0 Å². The van der Waals surface area contributed by atoms with E-state index in [0.717, 1.165) is 31.4 Å². The Bertz CT molecular complexity index is 610. The van der Waals surface area contributed by atoms with Crippen molar-refractivity contribution in [2.75, 3.05) is 4.72 Å². The Labute approximate surface area is 117 Å². The fraction of sp³-hybridized carbons (Fsp3) is 0.462. The smallest absolute Gasteiger partial charge is 0.235 e. The van der Waals surface area contributed by atoms with E-state index in [4.69, 9.17) is 11.1 Å². The minimum absolute atomic E-state index is 0.0596. The van der Waals surface area contributed by atoms with Gasteiger partial charge in [-0.25, -0.2) is 12.8 Å². The van der Waals surface area contributed by atoms with Gasteiger partial charge in [0.15, 0.2) is 0 Å². The van der Waals surface area contributed by atoms with Gasteiger partial charge in [-0.2, -0.15) is 0 Å². The molecule has 110 valence electrons. The summed E-state index contributed by atoms with van der Waals surface area (Å²) in [7, 11) is -3.53. The molecule has 0 bridgehead atoms. The van der Waals surface area contributed by atoms with Crippen molar-refractivity contribution in [3.8, 4) is 0 Å². The van der Waals surface area contributed by atoms with Crippen LogP contribution in [-0.2, 0) is 10.0 Å². The average Bonchev–Trinajstić information content (AvgIpc) is 2.41. The van der Waals surface area contributed by atoms with Gasteiger partial charge in [0, 0.05) is 5.56 Å². The normalized spacial score (nSPS) is 16.9. The van der Waals surface area contributed by atoms with Crippen LogP contribution in [0, 0.1) is 11.2 Å². The number of halogens is 1. The molecule has 0 aliphatic heterocycles. The van der Waals surface area contributed by atoms with Gasteiger partial charge in [-0.05, 0) is 31.0 Å². The highest BCUT2D eigenvalue weighted by atomic mass is 32.2. The number of nitrogen functional groups attached to an aromatic ring is 1. The SMILES string of the molecule is N=C(N)c1cc(F)ccc1NS(=O)(=O)C1CCCCC1. The lowest BCUT2D eigenvalue weighted by atomic mass is 10.0. The van der Waals surface area contributed by atoms with Crippen LogP contribution in [-0.4, -0.2) is 19.5 Å². The molecule has 4 N–H and O–H groups in total. The molecule has 5 nitrogen and oxygen atoms in total. The molecule has 0 atom stereocenters. The van der Waals surface area contributed by atoms with Crippen molar-refractivity contribution in [3.05, 3.63) is 29.6 Å². The molecule has 0 spiro atoms. The van der Waals surface area contributed by atoms with Gasteiger partial charge in [0.05, 0.1) is 10.9 Å². The van der Waals surface area contributed by atoms with Crippen LogP contribution in [0.3, 0.4) is 0 Å². The average molecular weight is 299 g/mol. The van der Waals surface area contributed by atoms with Gasteiger partial charge in [0.1, 0.15) is 11.7 Å². The molecular formula is C13H18FN3O2S. The van der Waals surface area contributed by atoms with Crippen molar-refractivity contribution >= 4 is 21.5 Å². The van der Waals surface area contributed by atoms with Crippen molar-refractivity contribution < 1.29 is 12.8 Å². The minimum Gasteiger partial charge on any atom is -0.384 e. The molecule has 0 heterocycles. The van der Waals surface area contributed by atoms with Crippen LogP contribution in [0.15, 0.2) is 18.2 Å². The summed E-state index contributed by atoms with van der Waals surface area (Å²) in [6, 6.07) is 3.50. The third-order valence-corrected chi connectivity index (χ3v) is 5.37. The summed E-state index contributed by atoms with van der Waals surface area (Å²) in [5, 5.41) is 6.97. The van der Waals surface area contributed by atoms with E-state index >= 15 is 0 Å². The summed E-state index contributed by atoms with van der Waals surface area (Å²) in [6.07, 6.45) is 4.11. The van der Waals surface area contributed by atoms with E-state index in [1.165, 1.54) is 6.07 Å². The molecule has 1 aliphatic rings. The van der Waals surface area contributed by atoms with Gasteiger partial charge >= 0.3 is 0 Å². The summed E-state index contributed by atoms with van der Waals surface area (Å²) in [6.45, 7) is 0. The number of rotatable bonds is 4. The first-order valence-corrected chi connectivity index (χ1v) is 8.10. The Hall–Kier alpha value is -1.63.